The third-order valence-electron chi connectivity index (χ3n) is 1.60. The maximum atomic E-state index is 12.3. The van der Waals surface area contributed by atoms with Crippen molar-refractivity contribution in [3.63, 3.8) is 0 Å². The summed E-state index contributed by atoms with van der Waals surface area (Å²) < 4.78 is 106. The lowest BCUT2D eigenvalue weighted by atomic mass is 10.2. The molecule has 15 heavy (non-hydrogen) atoms. The van der Waals surface area contributed by atoms with Crippen LogP contribution in [0, 0.1) is 0 Å². The summed E-state index contributed by atoms with van der Waals surface area (Å²) in [7, 11) is 0. The average Bonchev–Trinajstić information content (AvgIpc) is 2.49. The van der Waals surface area contributed by atoms with Crippen LogP contribution in [0.4, 0.5) is 11.5 Å². The number of hydrogen-bond donors (Lipinski definition) is 1. The largest absolute Gasteiger partial charge is 0.359 e. The molecule has 2 heterocycles. The second-order valence-electron chi connectivity index (χ2n) is 2.57. The molecule has 1 aromatic heterocycles. The van der Waals surface area contributed by atoms with Crippen molar-refractivity contribution in [2.75, 3.05) is 23.7 Å². The smallest absolute Gasteiger partial charge is 0.246 e. The molecule has 1 amide bonds. The minimum Gasteiger partial charge on any atom is -0.359 e. The van der Waals surface area contributed by atoms with Crippen molar-refractivity contribution in [3.05, 3.63) is 12.0 Å². The standard InChI is InChI=1S/C10H14N4O/c1-6(2)9-11-4-7-10(13-9)12-5-8(15)14(7)3/h4,6H,5H2,1-3H3,(H,11,12,13)/i1D3,2D3,3D3,4D,5D2,6D/hD. The molecule has 0 saturated carbocycles. The van der Waals surface area contributed by atoms with E-state index in [2.05, 4.69) is 9.97 Å². The van der Waals surface area contributed by atoms with Gasteiger partial charge in [0.05, 0.1) is 16.8 Å². The summed E-state index contributed by atoms with van der Waals surface area (Å²) in [5, 5.41) is -0.213. The number of aromatic nitrogens is 2. The summed E-state index contributed by atoms with van der Waals surface area (Å²) in [5.41, 5.74) is -0.942. The minimum atomic E-state index is -3.54. The van der Waals surface area contributed by atoms with Crippen molar-refractivity contribution < 1.29 is 24.0 Å². The van der Waals surface area contributed by atoms with E-state index < -0.39 is 62.5 Å². The van der Waals surface area contributed by atoms with E-state index >= 15 is 0 Å². The third kappa shape index (κ3) is 1.65. The van der Waals surface area contributed by atoms with Gasteiger partial charge >= 0.3 is 0 Å². The summed E-state index contributed by atoms with van der Waals surface area (Å²) in [5.74, 6) is -7.52. The molecule has 0 spiro atoms. The van der Waals surface area contributed by atoms with Crippen molar-refractivity contribution in [1.29, 1.82) is 0 Å². The number of fused-ring (bicyclic) bond motifs is 1. The van der Waals surface area contributed by atoms with E-state index in [9.17, 15) is 4.79 Å². The van der Waals surface area contributed by atoms with Gasteiger partial charge in [0, 0.05) is 26.6 Å². The zero-order valence-corrected chi connectivity index (χ0v) is 7.20. The van der Waals surface area contributed by atoms with Gasteiger partial charge in [0.15, 0.2) is 7.23 Å². The highest BCUT2D eigenvalue weighted by Gasteiger charge is 2.22. The highest BCUT2D eigenvalue weighted by Crippen LogP contribution is 2.26. The SMILES string of the molecule is [2H]c1nc(C([2H])(C([2H])([2H])[2H])C([2H])([2H])[2H])nc2c1N(C([2H])([2H])[2H])C(=O)C([2H])([2H])N2[2H]. The first-order valence-electron chi connectivity index (χ1n) is 10.7. The first-order valence-corrected chi connectivity index (χ1v) is 3.72. The fourth-order valence-corrected chi connectivity index (χ4v) is 0.926. The van der Waals surface area contributed by atoms with Gasteiger partial charge in [-0.2, -0.15) is 0 Å². The van der Waals surface area contributed by atoms with Crippen molar-refractivity contribution in [1.82, 2.24) is 9.97 Å². The Morgan fingerprint density at radius 3 is 3.53 bits per heavy atom. The van der Waals surface area contributed by atoms with Crippen molar-refractivity contribution >= 4 is 17.4 Å². The molecule has 1 N–H and O–H groups in total. The lowest BCUT2D eigenvalue weighted by Gasteiger charge is -2.25. The van der Waals surface area contributed by atoms with Gasteiger partial charge in [0.2, 0.25) is 5.91 Å². The van der Waals surface area contributed by atoms with Crippen LogP contribution in [0.3, 0.4) is 0 Å². The molecule has 0 radical (unpaired) electrons. The van der Waals surface area contributed by atoms with Crippen LogP contribution < -0.4 is 10.2 Å². The van der Waals surface area contributed by atoms with E-state index in [0.717, 1.165) is 0 Å². The van der Waals surface area contributed by atoms with Gasteiger partial charge in [0.1, 0.15) is 11.5 Å². The molecule has 0 atom stereocenters. The number of carbonyl (C=O) groups excluding carboxylic acids is 1. The van der Waals surface area contributed by atoms with Gasteiger partial charge in [-0.15, -0.1) is 0 Å². The molecule has 0 unspecified atom stereocenters. The molecule has 0 fully saturated rings. The molecule has 80 valence electrons. The van der Waals surface area contributed by atoms with E-state index in [4.69, 9.17) is 19.2 Å². The summed E-state index contributed by atoms with van der Waals surface area (Å²) in [6, 6.07) is 0. The summed E-state index contributed by atoms with van der Waals surface area (Å²) >= 11 is 0. The number of nitrogens with zero attached hydrogens (tertiary/aromatic N) is 3. The van der Waals surface area contributed by atoms with E-state index in [1.54, 1.807) is 0 Å². The van der Waals surface area contributed by atoms with E-state index in [1.165, 1.54) is 0 Å². The van der Waals surface area contributed by atoms with Gasteiger partial charge in [-0.25, -0.2) is 9.97 Å². The summed E-state index contributed by atoms with van der Waals surface area (Å²) in [6.45, 7) is -13.7. The van der Waals surface area contributed by atoms with E-state index in [1.807, 2.05) is 0 Å². The number of carbonyl (C=O) groups is 1. The molecular formula is C10H14N4O. The van der Waals surface area contributed by atoms with Crippen LogP contribution in [0.15, 0.2) is 6.17 Å². The normalized spacial score (nSPS) is 36.1. The molecule has 1 aromatic rings. The molecular weight excluding hydrogens is 192 g/mol. The summed E-state index contributed by atoms with van der Waals surface area (Å²) in [6.07, 6.45) is -1.16. The Morgan fingerprint density at radius 1 is 1.93 bits per heavy atom. The molecule has 1 aliphatic rings. The second kappa shape index (κ2) is 3.49. The van der Waals surface area contributed by atoms with Crippen molar-refractivity contribution in [3.8, 4) is 0 Å². The Morgan fingerprint density at radius 2 is 2.80 bits per heavy atom. The van der Waals surface area contributed by atoms with Crippen LogP contribution in [-0.2, 0) is 4.79 Å². The van der Waals surface area contributed by atoms with Gasteiger partial charge in [-0.1, -0.05) is 13.7 Å². The number of hydrogen-bond acceptors (Lipinski definition) is 4. The fourth-order valence-electron chi connectivity index (χ4n) is 0.926. The van der Waals surface area contributed by atoms with Crippen LogP contribution in [0.25, 0.3) is 0 Å². The van der Waals surface area contributed by atoms with Gasteiger partial charge in [-0.05, 0) is 0 Å². The maximum absolute atomic E-state index is 12.3. The van der Waals surface area contributed by atoms with Crippen LogP contribution in [0.2, 0.25) is 1.41 Å². The molecule has 0 aromatic carbocycles. The Bertz CT molecular complexity index is 829. The first kappa shape index (κ1) is 2.53. The third-order valence-corrected chi connectivity index (χ3v) is 1.60. The summed E-state index contributed by atoms with van der Waals surface area (Å²) in [4.78, 5) is 19.0. The highest BCUT2D eigenvalue weighted by molar-refractivity contribution is 6.01. The van der Waals surface area contributed by atoms with Crippen LogP contribution in [0.5, 0.6) is 0 Å². The Labute approximate surface area is 108 Å². The molecule has 5 heteroatoms. The molecule has 0 bridgehead atoms. The fraction of sp³-hybridized carbons (Fsp3) is 0.500. The second-order valence-corrected chi connectivity index (χ2v) is 2.57. The lowest BCUT2D eigenvalue weighted by molar-refractivity contribution is -0.116. The Hall–Kier alpha value is -1.65. The number of likely N-dealkylation sites (N-methyl/N-ethyl adjacent to an activating group) is 1. The molecule has 1 aliphatic heterocycles. The Balaban J connectivity index is 2.93. The minimum absolute atomic E-state index is 0.129. The van der Waals surface area contributed by atoms with Crippen LogP contribution in [-0.4, -0.2) is 29.3 Å². The van der Waals surface area contributed by atoms with Crippen LogP contribution >= 0.6 is 0 Å². The highest BCUT2D eigenvalue weighted by atomic mass is 16.2. The Kier molecular flexibility index (Phi) is 0.589. The zero-order valence-electron chi connectivity index (χ0n) is 21.2. The topological polar surface area (TPSA) is 58.1 Å². The maximum Gasteiger partial charge on any atom is 0.246 e. The monoisotopic (exact) mass is 220 g/mol. The van der Waals surface area contributed by atoms with Gasteiger partial charge < -0.3 is 10.2 Å². The predicted molar refractivity (Wildman–Crippen MR) is 58.0 cm³/mol. The number of rotatable bonds is 1. The number of anilines is 2. The molecule has 0 aliphatic carbocycles. The quantitative estimate of drug-likeness (QED) is 0.766. The number of amides is 1. The van der Waals surface area contributed by atoms with Crippen molar-refractivity contribution in [2.45, 2.75) is 19.6 Å². The van der Waals surface area contributed by atoms with E-state index in [0.29, 0.717) is 0 Å². The van der Waals surface area contributed by atoms with Crippen LogP contribution in [0.1, 0.15) is 43.2 Å². The first-order chi connectivity index (χ1) is 12.7. The predicted octanol–water partition coefficient (Wildman–Crippen LogP) is 0.988. The van der Waals surface area contributed by atoms with Crippen molar-refractivity contribution in [2.24, 2.45) is 0 Å². The number of nitrogens with one attached hydrogen (secondary N) is 1. The average molecular weight is 220 g/mol. The molecule has 5 nitrogen and oxygen atoms in total. The van der Waals surface area contributed by atoms with Gasteiger partial charge in [0.25, 0.3) is 0 Å². The van der Waals surface area contributed by atoms with Gasteiger partial charge in [-0.3, -0.25) is 4.79 Å². The molecule has 0 saturated heterocycles. The molecule has 2 rings (SSSR count). The zero-order chi connectivity index (χ0) is 23.0. The lowest BCUT2D eigenvalue weighted by Crippen LogP contribution is -2.37. The van der Waals surface area contributed by atoms with E-state index in [-0.39, 0.29) is 10.2 Å².